The van der Waals surface area contributed by atoms with E-state index in [0.29, 0.717) is 0 Å². The monoisotopic (exact) mass is 298 g/mol. The van der Waals surface area contributed by atoms with E-state index in [1.807, 2.05) is 0 Å². The fourth-order valence-corrected chi connectivity index (χ4v) is 10.4. The normalized spacial score (nSPS) is 22.0. The molecule has 1 saturated heterocycles. The van der Waals surface area contributed by atoms with Gasteiger partial charge in [0, 0.05) is 0 Å². The first kappa shape index (κ1) is 14.0. The van der Waals surface area contributed by atoms with E-state index in [1.54, 1.807) is 21.2 Å². The van der Waals surface area contributed by atoms with Crippen molar-refractivity contribution in [3.05, 3.63) is 71.3 Å². The highest BCUT2D eigenvalue weighted by Gasteiger charge is 2.32. The van der Waals surface area contributed by atoms with Crippen LogP contribution in [0.5, 0.6) is 0 Å². The van der Waals surface area contributed by atoms with Crippen LogP contribution in [0.4, 0.5) is 0 Å². The Balaban J connectivity index is 1.99. The van der Waals surface area contributed by atoms with Crippen LogP contribution >= 0.6 is 15.8 Å². The number of benzene rings is 2. The van der Waals surface area contributed by atoms with Crippen molar-refractivity contribution in [2.45, 2.75) is 13.8 Å². The van der Waals surface area contributed by atoms with Gasteiger partial charge in [-0.05, 0) is 57.7 Å². The van der Waals surface area contributed by atoms with Crippen molar-refractivity contribution in [1.82, 2.24) is 0 Å². The van der Waals surface area contributed by atoms with Crippen LogP contribution in [0.15, 0.2) is 71.3 Å². The van der Waals surface area contributed by atoms with Gasteiger partial charge in [0.15, 0.2) is 0 Å². The molecule has 20 heavy (non-hydrogen) atoms. The molecule has 102 valence electrons. The summed E-state index contributed by atoms with van der Waals surface area (Å²) in [5, 5.41) is 4.88. The Bertz CT molecular complexity index is 548. The van der Waals surface area contributed by atoms with Gasteiger partial charge in [-0.3, -0.25) is 0 Å². The zero-order chi connectivity index (χ0) is 13.9. The van der Waals surface area contributed by atoms with Crippen molar-refractivity contribution in [2.24, 2.45) is 0 Å². The summed E-state index contributed by atoms with van der Waals surface area (Å²) >= 11 is 0. The van der Waals surface area contributed by atoms with E-state index in [4.69, 9.17) is 0 Å². The van der Waals surface area contributed by atoms with E-state index in [0.717, 1.165) is 0 Å². The average molecular weight is 298 g/mol. The van der Waals surface area contributed by atoms with Crippen LogP contribution in [0.3, 0.4) is 0 Å². The highest BCUT2D eigenvalue weighted by molar-refractivity contribution is 7.91. The van der Waals surface area contributed by atoms with Crippen LogP contribution in [0.25, 0.3) is 0 Å². The molecule has 3 rings (SSSR count). The lowest BCUT2D eigenvalue weighted by atomic mass is 10.4. The Hall–Kier alpha value is -0.960. The molecule has 0 saturated carbocycles. The molecule has 0 radical (unpaired) electrons. The molecule has 1 aliphatic rings. The Morgan fingerprint density at radius 3 is 1.45 bits per heavy atom. The summed E-state index contributed by atoms with van der Waals surface area (Å²) in [4.78, 5) is 0. The zero-order valence-electron chi connectivity index (χ0n) is 12.1. The molecule has 1 heterocycles. The first-order valence-corrected chi connectivity index (χ1v) is 10.2. The molecule has 0 nitrogen and oxygen atoms in total. The van der Waals surface area contributed by atoms with Gasteiger partial charge < -0.3 is 0 Å². The van der Waals surface area contributed by atoms with E-state index in [2.05, 4.69) is 74.5 Å². The van der Waals surface area contributed by atoms with E-state index >= 15 is 0 Å². The molecule has 2 aromatic rings. The molecule has 2 unspecified atom stereocenters. The molecule has 0 aromatic heterocycles. The third-order valence-electron chi connectivity index (χ3n) is 3.64. The Morgan fingerprint density at radius 1 is 0.700 bits per heavy atom. The molecule has 0 N–H and O–H groups in total. The zero-order valence-corrected chi connectivity index (χ0v) is 13.9. The highest BCUT2D eigenvalue weighted by Crippen LogP contribution is 2.68. The van der Waals surface area contributed by atoms with Crippen LogP contribution in [-0.4, -0.2) is 12.3 Å². The Morgan fingerprint density at radius 2 is 1.10 bits per heavy atom. The van der Waals surface area contributed by atoms with Crippen LogP contribution in [0.2, 0.25) is 0 Å². The van der Waals surface area contributed by atoms with E-state index in [1.165, 1.54) is 12.3 Å². The molecule has 2 aromatic carbocycles. The summed E-state index contributed by atoms with van der Waals surface area (Å²) in [5.41, 5.74) is 1.55. The third kappa shape index (κ3) is 2.73. The van der Waals surface area contributed by atoms with Gasteiger partial charge in [0.2, 0.25) is 0 Å². The minimum atomic E-state index is -0.0976. The molecular weight excluding hydrogens is 278 g/mol. The molecule has 2 heteroatoms. The summed E-state index contributed by atoms with van der Waals surface area (Å²) in [6, 6.07) is 22.3. The molecule has 0 amide bonds. The van der Waals surface area contributed by atoms with Crippen molar-refractivity contribution in [3.8, 4) is 0 Å². The summed E-state index contributed by atoms with van der Waals surface area (Å²) < 4.78 is 0. The maximum Gasteiger partial charge on any atom is -0.0148 e. The smallest absolute Gasteiger partial charge is 0.0148 e. The molecule has 0 bridgehead atoms. The van der Waals surface area contributed by atoms with Gasteiger partial charge in [-0.1, -0.05) is 66.2 Å². The minimum absolute atomic E-state index is 0.0976. The summed E-state index contributed by atoms with van der Waals surface area (Å²) in [6.07, 6.45) is 2.72. The van der Waals surface area contributed by atoms with Gasteiger partial charge in [0.1, 0.15) is 0 Å². The fraction of sp³-hybridized carbons (Fsp3) is 0.222. The second kappa shape index (κ2) is 6.21. The number of rotatable bonds is 2. The van der Waals surface area contributed by atoms with Crippen molar-refractivity contribution >= 4 is 26.5 Å². The van der Waals surface area contributed by atoms with Gasteiger partial charge in [-0.2, -0.15) is 0 Å². The van der Waals surface area contributed by atoms with Crippen molar-refractivity contribution < 1.29 is 0 Å². The second-order valence-corrected chi connectivity index (χ2v) is 10.2. The van der Waals surface area contributed by atoms with E-state index < -0.39 is 0 Å². The number of allylic oxidation sites excluding steroid dienone is 1. The standard InChI is InChI=1S/C18H20P2/c1-15(2)18-19(16-9-5-3-6-10-16)13-14-20(18)17-11-7-4-8-12-17/h3-12H,13-14H2,1-2H3. The molecule has 0 spiro atoms. The van der Waals surface area contributed by atoms with Crippen LogP contribution < -0.4 is 10.6 Å². The summed E-state index contributed by atoms with van der Waals surface area (Å²) in [6.45, 7) is 4.61. The molecule has 1 fully saturated rings. The van der Waals surface area contributed by atoms with Crippen molar-refractivity contribution in [2.75, 3.05) is 12.3 Å². The van der Waals surface area contributed by atoms with Gasteiger partial charge in [0.05, 0.1) is 0 Å². The first-order valence-electron chi connectivity index (χ1n) is 7.10. The SMILES string of the molecule is CC(C)=C1P(c2ccccc2)CCP1c1ccccc1. The lowest BCUT2D eigenvalue weighted by Gasteiger charge is -2.20. The minimum Gasteiger partial charge on any atom is -0.0676 e. The quantitative estimate of drug-likeness (QED) is 0.694. The largest absolute Gasteiger partial charge is 0.0676 e. The Labute approximate surface area is 124 Å². The van der Waals surface area contributed by atoms with Gasteiger partial charge >= 0.3 is 0 Å². The lowest BCUT2D eigenvalue weighted by molar-refractivity contribution is 1.40. The number of hydrogen-bond donors (Lipinski definition) is 0. The molecule has 1 aliphatic heterocycles. The van der Waals surface area contributed by atoms with Gasteiger partial charge in [-0.25, -0.2) is 0 Å². The first-order chi connectivity index (χ1) is 9.77. The predicted molar refractivity (Wildman–Crippen MR) is 94.1 cm³/mol. The highest BCUT2D eigenvalue weighted by atomic mass is 31.2. The molecule has 2 atom stereocenters. The predicted octanol–water partition coefficient (Wildman–Crippen LogP) is 4.87. The van der Waals surface area contributed by atoms with E-state index in [9.17, 15) is 0 Å². The second-order valence-electron chi connectivity index (χ2n) is 5.30. The van der Waals surface area contributed by atoms with Gasteiger partial charge in [-0.15, -0.1) is 0 Å². The summed E-state index contributed by atoms with van der Waals surface area (Å²) in [7, 11) is -0.195. The maximum absolute atomic E-state index is 2.32. The van der Waals surface area contributed by atoms with E-state index in [-0.39, 0.29) is 15.8 Å². The topological polar surface area (TPSA) is 0 Å². The van der Waals surface area contributed by atoms with Crippen molar-refractivity contribution in [1.29, 1.82) is 0 Å². The maximum atomic E-state index is 2.32. The average Bonchev–Trinajstić information content (AvgIpc) is 2.94. The third-order valence-corrected chi connectivity index (χ3v) is 10.5. The van der Waals surface area contributed by atoms with Gasteiger partial charge in [0.25, 0.3) is 0 Å². The number of hydrogen-bond acceptors (Lipinski definition) is 0. The van der Waals surface area contributed by atoms with Crippen LogP contribution in [0.1, 0.15) is 13.8 Å². The Kier molecular flexibility index (Phi) is 4.35. The van der Waals surface area contributed by atoms with Crippen LogP contribution in [0, 0.1) is 0 Å². The molecule has 0 aliphatic carbocycles. The summed E-state index contributed by atoms with van der Waals surface area (Å²) in [5.74, 6) is 0. The lowest BCUT2D eigenvalue weighted by Crippen LogP contribution is -2.02. The van der Waals surface area contributed by atoms with Crippen molar-refractivity contribution in [3.63, 3.8) is 0 Å². The molecular formula is C18H20P2. The fourth-order valence-electron chi connectivity index (χ4n) is 2.82. The van der Waals surface area contributed by atoms with Crippen LogP contribution in [-0.2, 0) is 0 Å².